The minimum absolute atomic E-state index is 0.0189. The lowest BCUT2D eigenvalue weighted by Crippen LogP contribution is -2.16. The molecule has 4 nitrogen and oxygen atoms in total. The molecule has 1 aromatic carbocycles. The smallest absolute Gasteiger partial charge is 0.0924 e. The lowest BCUT2D eigenvalue weighted by Gasteiger charge is -2.14. The van der Waals surface area contributed by atoms with Crippen LogP contribution >= 0.6 is 0 Å². The van der Waals surface area contributed by atoms with Gasteiger partial charge in [-0.2, -0.15) is 5.10 Å². The monoisotopic (exact) mass is 229 g/mol. The number of benzene rings is 1. The zero-order valence-corrected chi connectivity index (χ0v) is 9.56. The van der Waals surface area contributed by atoms with Crippen LogP contribution in [0.2, 0.25) is 0 Å². The summed E-state index contributed by atoms with van der Waals surface area (Å²) in [6, 6.07) is 10.4. The minimum atomic E-state index is 0.0189. The molecule has 0 aliphatic carbocycles. The molecule has 88 valence electrons. The van der Waals surface area contributed by atoms with Crippen molar-refractivity contribution in [3.63, 3.8) is 0 Å². The molecule has 0 saturated carbocycles. The van der Waals surface area contributed by atoms with Gasteiger partial charge in [0.2, 0.25) is 0 Å². The number of hydrogen-bond donors (Lipinski definition) is 2. The Bertz CT molecular complexity index is 507. The number of fused-ring (bicyclic) bond motifs is 1. The maximum atomic E-state index is 9.17. The van der Waals surface area contributed by atoms with Gasteiger partial charge in [0, 0.05) is 25.2 Å². The van der Waals surface area contributed by atoms with E-state index in [4.69, 9.17) is 5.11 Å². The van der Waals surface area contributed by atoms with Gasteiger partial charge in [0.05, 0.1) is 18.0 Å². The average Bonchev–Trinajstić information content (AvgIpc) is 2.89. The van der Waals surface area contributed by atoms with Crippen LogP contribution in [0.1, 0.15) is 22.5 Å². The Morgan fingerprint density at radius 2 is 2.06 bits per heavy atom. The van der Waals surface area contributed by atoms with E-state index in [1.165, 1.54) is 11.1 Å². The van der Waals surface area contributed by atoms with Gasteiger partial charge in [-0.3, -0.25) is 10.00 Å². The van der Waals surface area contributed by atoms with E-state index < -0.39 is 0 Å². The number of aromatic amines is 1. The molecule has 17 heavy (non-hydrogen) atoms. The highest BCUT2D eigenvalue weighted by Gasteiger charge is 2.24. The first-order valence-electron chi connectivity index (χ1n) is 5.79. The summed E-state index contributed by atoms with van der Waals surface area (Å²) in [6.07, 6.45) is 0. The summed E-state index contributed by atoms with van der Waals surface area (Å²) >= 11 is 0. The number of aliphatic hydroxyl groups excluding tert-OH is 1. The van der Waals surface area contributed by atoms with Gasteiger partial charge in [-0.05, 0) is 5.56 Å². The van der Waals surface area contributed by atoms with Crippen molar-refractivity contribution in [2.24, 2.45) is 0 Å². The second kappa shape index (κ2) is 4.31. The largest absolute Gasteiger partial charge is 0.390 e. The van der Waals surface area contributed by atoms with Gasteiger partial charge < -0.3 is 5.11 Å². The van der Waals surface area contributed by atoms with E-state index in [2.05, 4.69) is 39.4 Å². The zero-order valence-electron chi connectivity index (χ0n) is 9.56. The first-order valence-corrected chi connectivity index (χ1v) is 5.79. The Hall–Kier alpha value is -1.65. The van der Waals surface area contributed by atoms with Crippen LogP contribution in [0, 0.1) is 0 Å². The van der Waals surface area contributed by atoms with Crippen molar-refractivity contribution in [3.05, 3.63) is 52.8 Å². The van der Waals surface area contributed by atoms with Gasteiger partial charge in [0.15, 0.2) is 0 Å². The predicted molar refractivity (Wildman–Crippen MR) is 63.9 cm³/mol. The van der Waals surface area contributed by atoms with E-state index in [9.17, 15) is 0 Å². The molecule has 0 spiro atoms. The molecule has 1 aliphatic rings. The Morgan fingerprint density at radius 3 is 2.82 bits per heavy atom. The molecule has 0 atom stereocenters. The normalized spacial score (nSPS) is 15.1. The fourth-order valence-electron chi connectivity index (χ4n) is 2.35. The van der Waals surface area contributed by atoms with Crippen LogP contribution in [0.25, 0.3) is 0 Å². The van der Waals surface area contributed by atoms with Crippen LogP contribution < -0.4 is 0 Å². The topological polar surface area (TPSA) is 52.2 Å². The molecular formula is C13H15N3O. The van der Waals surface area contributed by atoms with Gasteiger partial charge >= 0.3 is 0 Å². The molecule has 4 heteroatoms. The molecule has 0 fully saturated rings. The molecule has 0 radical (unpaired) electrons. The predicted octanol–water partition coefficient (Wildman–Crippen LogP) is 1.42. The van der Waals surface area contributed by atoms with Gasteiger partial charge in [-0.1, -0.05) is 30.3 Å². The Kier molecular flexibility index (Phi) is 2.66. The third-order valence-electron chi connectivity index (χ3n) is 3.20. The standard InChI is InChI=1S/C13H15N3O/c17-9-13-11-7-16(8-12(11)14-15-13)6-10-4-2-1-3-5-10/h1-5,17H,6-9H2,(H,14,15). The van der Waals surface area contributed by atoms with E-state index in [0.29, 0.717) is 0 Å². The summed E-state index contributed by atoms with van der Waals surface area (Å²) in [5, 5.41) is 16.3. The Labute approximate surface area is 99.9 Å². The summed E-state index contributed by atoms with van der Waals surface area (Å²) in [6.45, 7) is 2.72. The summed E-state index contributed by atoms with van der Waals surface area (Å²) in [5.74, 6) is 0. The van der Waals surface area contributed by atoms with E-state index in [0.717, 1.165) is 31.0 Å². The first-order chi connectivity index (χ1) is 8.36. The second-order valence-electron chi connectivity index (χ2n) is 4.42. The molecule has 0 unspecified atom stereocenters. The van der Waals surface area contributed by atoms with Crippen LogP contribution in [-0.4, -0.2) is 20.2 Å². The van der Waals surface area contributed by atoms with E-state index in [1.54, 1.807) is 0 Å². The number of nitrogens with one attached hydrogen (secondary N) is 1. The lowest BCUT2D eigenvalue weighted by molar-refractivity contribution is 0.258. The first kappa shape index (κ1) is 10.5. The van der Waals surface area contributed by atoms with E-state index >= 15 is 0 Å². The molecule has 2 heterocycles. The summed E-state index contributed by atoms with van der Waals surface area (Å²) in [5.41, 5.74) is 4.42. The van der Waals surface area contributed by atoms with Crippen molar-refractivity contribution in [1.82, 2.24) is 15.1 Å². The van der Waals surface area contributed by atoms with Crippen LogP contribution in [0.5, 0.6) is 0 Å². The molecule has 0 bridgehead atoms. The quantitative estimate of drug-likeness (QED) is 0.837. The molecule has 1 aromatic heterocycles. The highest BCUT2D eigenvalue weighted by Crippen LogP contribution is 2.25. The highest BCUT2D eigenvalue weighted by molar-refractivity contribution is 5.28. The third kappa shape index (κ3) is 1.97. The number of H-pyrrole nitrogens is 1. The summed E-state index contributed by atoms with van der Waals surface area (Å²) in [4.78, 5) is 2.34. The van der Waals surface area contributed by atoms with Gasteiger partial charge in [0.1, 0.15) is 0 Å². The van der Waals surface area contributed by atoms with Crippen molar-refractivity contribution >= 4 is 0 Å². The fraction of sp³-hybridized carbons (Fsp3) is 0.308. The molecule has 2 N–H and O–H groups in total. The highest BCUT2D eigenvalue weighted by atomic mass is 16.3. The van der Waals surface area contributed by atoms with Crippen molar-refractivity contribution < 1.29 is 5.11 Å². The van der Waals surface area contributed by atoms with Crippen LogP contribution in [0.15, 0.2) is 30.3 Å². The summed E-state index contributed by atoms with van der Waals surface area (Å²) < 4.78 is 0. The maximum absolute atomic E-state index is 9.17. The number of hydrogen-bond acceptors (Lipinski definition) is 3. The van der Waals surface area contributed by atoms with E-state index in [-0.39, 0.29) is 6.61 Å². The van der Waals surface area contributed by atoms with Crippen molar-refractivity contribution in [1.29, 1.82) is 0 Å². The van der Waals surface area contributed by atoms with Crippen LogP contribution in [0.4, 0.5) is 0 Å². The van der Waals surface area contributed by atoms with Gasteiger partial charge in [-0.25, -0.2) is 0 Å². The van der Waals surface area contributed by atoms with E-state index in [1.807, 2.05) is 6.07 Å². The summed E-state index contributed by atoms with van der Waals surface area (Å²) in [7, 11) is 0. The average molecular weight is 229 g/mol. The Balaban J connectivity index is 1.72. The molecular weight excluding hydrogens is 214 g/mol. The third-order valence-corrected chi connectivity index (χ3v) is 3.20. The number of aliphatic hydroxyl groups is 1. The molecule has 0 amide bonds. The SMILES string of the molecule is OCc1n[nH]c2c1CN(Cc1ccccc1)C2. The van der Waals surface area contributed by atoms with Gasteiger partial charge in [0.25, 0.3) is 0 Å². The zero-order chi connectivity index (χ0) is 11.7. The van der Waals surface area contributed by atoms with Gasteiger partial charge in [-0.15, -0.1) is 0 Å². The van der Waals surface area contributed by atoms with Crippen LogP contribution in [0.3, 0.4) is 0 Å². The number of nitrogens with zero attached hydrogens (tertiary/aromatic N) is 2. The van der Waals surface area contributed by atoms with Crippen molar-refractivity contribution in [2.75, 3.05) is 0 Å². The Morgan fingerprint density at radius 1 is 1.24 bits per heavy atom. The fourth-order valence-corrected chi connectivity index (χ4v) is 2.35. The molecule has 1 aliphatic heterocycles. The van der Waals surface area contributed by atoms with Crippen molar-refractivity contribution in [3.8, 4) is 0 Å². The van der Waals surface area contributed by atoms with Crippen LogP contribution in [-0.2, 0) is 26.2 Å². The van der Waals surface area contributed by atoms with Crippen molar-refractivity contribution in [2.45, 2.75) is 26.2 Å². The minimum Gasteiger partial charge on any atom is -0.390 e. The number of rotatable bonds is 3. The maximum Gasteiger partial charge on any atom is 0.0924 e. The number of aromatic nitrogens is 2. The molecule has 3 rings (SSSR count). The molecule has 2 aromatic rings. The second-order valence-corrected chi connectivity index (χ2v) is 4.42. The molecule has 0 saturated heterocycles. The lowest BCUT2D eigenvalue weighted by atomic mass is 10.2.